The van der Waals surface area contributed by atoms with E-state index in [9.17, 15) is 4.79 Å². The summed E-state index contributed by atoms with van der Waals surface area (Å²) in [5, 5.41) is 2.95. The van der Waals surface area contributed by atoms with Gasteiger partial charge in [-0.3, -0.25) is 0 Å². The van der Waals surface area contributed by atoms with E-state index in [1.807, 2.05) is 60.8 Å². The summed E-state index contributed by atoms with van der Waals surface area (Å²) in [5.74, 6) is 0.732. The number of aromatic nitrogens is 2. The lowest BCUT2D eigenvalue weighted by Gasteiger charge is -2.28. The van der Waals surface area contributed by atoms with Crippen molar-refractivity contribution in [3.63, 3.8) is 0 Å². The van der Waals surface area contributed by atoms with Gasteiger partial charge in [-0.2, -0.15) is 0 Å². The largest absolute Gasteiger partial charge is 0.322 e. The van der Waals surface area contributed by atoms with Crippen molar-refractivity contribution in [3.05, 3.63) is 76.5 Å². The molecule has 2 amide bonds. The summed E-state index contributed by atoms with van der Waals surface area (Å²) in [5.41, 5.74) is 3.78. The van der Waals surface area contributed by atoms with Gasteiger partial charge in [0.2, 0.25) is 0 Å². The summed E-state index contributed by atoms with van der Waals surface area (Å²) in [6, 6.07) is 17.4. The van der Waals surface area contributed by atoms with Crippen LogP contribution < -0.4 is 5.32 Å². The number of carbonyl (C=O) groups excluding carboxylic acids is 1. The molecule has 4 rings (SSSR count). The highest BCUT2D eigenvalue weighted by Gasteiger charge is 2.23. The van der Waals surface area contributed by atoms with E-state index in [4.69, 9.17) is 4.98 Å². The fourth-order valence-electron chi connectivity index (χ4n) is 2.97. The number of halogens is 1. The van der Waals surface area contributed by atoms with Gasteiger partial charge >= 0.3 is 6.03 Å². The van der Waals surface area contributed by atoms with Crippen LogP contribution in [0.1, 0.15) is 11.3 Å². The zero-order valence-corrected chi connectivity index (χ0v) is 15.6. The van der Waals surface area contributed by atoms with Crippen LogP contribution in [-0.2, 0) is 13.0 Å². The number of rotatable bonds is 2. The molecule has 0 saturated carbocycles. The number of carbonyl (C=O) groups is 1. The SMILES string of the molecule is O=C(Nc1ccccc1Br)N1CCc2nc(-c3ccccc3)ncc2C1. The highest BCUT2D eigenvalue weighted by molar-refractivity contribution is 9.10. The maximum absolute atomic E-state index is 12.6. The van der Waals surface area contributed by atoms with Gasteiger partial charge in [-0.05, 0) is 28.1 Å². The molecule has 6 heteroatoms. The fourth-order valence-corrected chi connectivity index (χ4v) is 3.36. The molecule has 0 aliphatic carbocycles. The Kier molecular flexibility index (Phi) is 4.67. The zero-order chi connectivity index (χ0) is 17.9. The number of anilines is 1. The molecule has 0 unspecified atom stereocenters. The average Bonchev–Trinajstić information content (AvgIpc) is 2.69. The molecule has 0 saturated heterocycles. The third kappa shape index (κ3) is 3.46. The van der Waals surface area contributed by atoms with E-state index >= 15 is 0 Å². The molecule has 5 nitrogen and oxygen atoms in total. The maximum atomic E-state index is 12.6. The van der Waals surface area contributed by atoms with Gasteiger partial charge in [-0.15, -0.1) is 0 Å². The van der Waals surface area contributed by atoms with Crippen LogP contribution in [0, 0.1) is 0 Å². The van der Waals surface area contributed by atoms with Gasteiger partial charge in [0, 0.05) is 34.8 Å². The van der Waals surface area contributed by atoms with Crippen LogP contribution in [0.2, 0.25) is 0 Å². The number of nitrogens with one attached hydrogen (secondary N) is 1. The molecule has 0 atom stereocenters. The average molecular weight is 409 g/mol. The summed E-state index contributed by atoms with van der Waals surface area (Å²) in [6.07, 6.45) is 2.56. The second-order valence-electron chi connectivity index (χ2n) is 6.11. The summed E-state index contributed by atoms with van der Waals surface area (Å²) >= 11 is 3.45. The van der Waals surface area contributed by atoms with Crippen molar-refractivity contribution in [3.8, 4) is 11.4 Å². The Hall–Kier alpha value is -2.73. The number of fused-ring (bicyclic) bond motifs is 1. The van der Waals surface area contributed by atoms with Crippen molar-refractivity contribution in [1.82, 2.24) is 14.9 Å². The number of benzene rings is 2. The zero-order valence-electron chi connectivity index (χ0n) is 14.0. The monoisotopic (exact) mass is 408 g/mol. The van der Waals surface area contributed by atoms with Crippen LogP contribution in [-0.4, -0.2) is 27.4 Å². The number of hydrogen-bond donors (Lipinski definition) is 1. The Morgan fingerprint density at radius 3 is 2.65 bits per heavy atom. The van der Waals surface area contributed by atoms with E-state index in [1.165, 1.54) is 0 Å². The minimum Gasteiger partial charge on any atom is -0.320 e. The minimum atomic E-state index is -0.116. The fraction of sp³-hybridized carbons (Fsp3) is 0.150. The quantitative estimate of drug-likeness (QED) is 0.678. The van der Waals surface area contributed by atoms with Crippen molar-refractivity contribution in [2.24, 2.45) is 0 Å². The number of para-hydroxylation sites is 1. The van der Waals surface area contributed by atoms with Crippen molar-refractivity contribution in [2.75, 3.05) is 11.9 Å². The predicted octanol–water partition coefficient (Wildman–Crippen LogP) is 4.50. The Labute approximate surface area is 160 Å². The molecule has 1 aliphatic heterocycles. The summed E-state index contributed by atoms with van der Waals surface area (Å²) in [6.45, 7) is 1.15. The topological polar surface area (TPSA) is 58.1 Å². The second-order valence-corrected chi connectivity index (χ2v) is 6.97. The molecule has 1 N–H and O–H groups in total. The molecular formula is C20H17BrN4O. The molecule has 130 valence electrons. The lowest BCUT2D eigenvalue weighted by atomic mass is 10.1. The molecule has 1 aromatic heterocycles. The lowest BCUT2D eigenvalue weighted by molar-refractivity contribution is 0.206. The molecule has 1 aliphatic rings. The Morgan fingerprint density at radius 2 is 1.85 bits per heavy atom. The highest BCUT2D eigenvalue weighted by atomic mass is 79.9. The van der Waals surface area contributed by atoms with E-state index in [0.717, 1.165) is 39.2 Å². The number of amides is 2. The molecule has 0 fully saturated rings. The van der Waals surface area contributed by atoms with Crippen molar-refractivity contribution in [1.29, 1.82) is 0 Å². The second kappa shape index (κ2) is 7.25. The van der Waals surface area contributed by atoms with Gasteiger partial charge in [0.05, 0.1) is 17.9 Å². The summed E-state index contributed by atoms with van der Waals surface area (Å²) < 4.78 is 0.863. The van der Waals surface area contributed by atoms with E-state index in [0.29, 0.717) is 13.1 Å². The van der Waals surface area contributed by atoms with Crippen LogP contribution in [0.5, 0.6) is 0 Å². The Morgan fingerprint density at radius 1 is 1.08 bits per heavy atom. The number of hydrogen-bond acceptors (Lipinski definition) is 3. The molecule has 2 aromatic carbocycles. The molecule has 3 aromatic rings. The van der Waals surface area contributed by atoms with Crippen molar-refractivity contribution >= 4 is 27.6 Å². The molecule has 0 bridgehead atoms. The predicted molar refractivity (Wildman–Crippen MR) is 105 cm³/mol. The normalized spacial score (nSPS) is 13.2. The molecule has 0 spiro atoms. The maximum Gasteiger partial charge on any atom is 0.322 e. The molecular weight excluding hydrogens is 392 g/mol. The van der Waals surface area contributed by atoms with E-state index in [-0.39, 0.29) is 6.03 Å². The standard InChI is InChI=1S/C20H17BrN4O/c21-16-8-4-5-9-18(16)24-20(26)25-11-10-17-15(13-25)12-22-19(23-17)14-6-2-1-3-7-14/h1-9,12H,10-11,13H2,(H,24,26). The first kappa shape index (κ1) is 16.7. The molecule has 26 heavy (non-hydrogen) atoms. The lowest BCUT2D eigenvalue weighted by Crippen LogP contribution is -2.39. The smallest absolute Gasteiger partial charge is 0.320 e. The van der Waals surface area contributed by atoms with Crippen molar-refractivity contribution in [2.45, 2.75) is 13.0 Å². The van der Waals surface area contributed by atoms with Crippen LogP contribution >= 0.6 is 15.9 Å². The third-order valence-electron chi connectivity index (χ3n) is 4.37. The van der Waals surface area contributed by atoms with Gasteiger partial charge in [0.1, 0.15) is 0 Å². The van der Waals surface area contributed by atoms with Crippen LogP contribution in [0.15, 0.2) is 65.3 Å². The highest BCUT2D eigenvalue weighted by Crippen LogP contribution is 2.24. The van der Waals surface area contributed by atoms with Gasteiger partial charge in [0.25, 0.3) is 0 Å². The summed E-state index contributed by atoms with van der Waals surface area (Å²) in [4.78, 5) is 23.5. The Balaban J connectivity index is 1.50. The van der Waals surface area contributed by atoms with Crippen LogP contribution in [0.4, 0.5) is 10.5 Å². The van der Waals surface area contributed by atoms with Gasteiger partial charge in [0.15, 0.2) is 5.82 Å². The first-order valence-electron chi connectivity index (χ1n) is 8.41. The number of nitrogens with zero attached hydrogens (tertiary/aromatic N) is 3. The first-order chi connectivity index (χ1) is 12.7. The summed E-state index contributed by atoms with van der Waals surface area (Å²) in [7, 11) is 0. The van der Waals surface area contributed by atoms with Crippen LogP contribution in [0.25, 0.3) is 11.4 Å². The third-order valence-corrected chi connectivity index (χ3v) is 5.06. The number of urea groups is 1. The first-order valence-corrected chi connectivity index (χ1v) is 9.21. The molecule has 2 heterocycles. The minimum absolute atomic E-state index is 0.116. The van der Waals surface area contributed by atoms with Gasteiger partial charge < -0.3 is 10.2 Å². The van der Waals surface area contributed by atoms with E-state index < -0.39 is 0 Å². The van der Waals surface area contributed by atoms with Crippen molar-refractivity contribution < 1.29 is 4.79 Å². The Bertz CT molecular complexity index is 946. The van der Waals surface area contributed by atoms with E-state index in [2.05, 4.69) is 26.2 Å². The van der Waals surface area contributed by atoms with E-state index in [1.54, 1.807) is 4.90 Å². The van der Waals surface area contributed by atoms with Gasteiger partial charge in [-0.1, -0.05) is 42.5 Å². The van der Waals surface area contributed by atoms with Gasteiger partial charge in [-0.25, -0.2) is 14.8 Å². The molecule has 0 radical (unpaired) electrons. The van der Waals surface area contributed by atoms with Crippen LogP contribution in [0.3, 0.4) is 0 Å².